The van der Waals surface area contributed by atoms with E-state index in [9.17, 15) is 9.59 Å². The minimum Gasteiger partial charge on any atom is -0.363 e. The number of benzene rings is 1. The third-order valence-electron chi connectivity index (χ3n) is 4.49. The maximum Gasteiger partial charge on any atom is 0.255 e. The number of nitrogens with one attached hydrogen (secondary N) is 1. The number of nitrogens with zero attached hydrogens (tertiary/aromatic N) is 3. The normalized spacial score (nSPS) is 14.0. The summed E-state index contributed by atoms with van der Waals surface area (Å²) in [6.07, 6.45) is 1.62. The Morgan fingerprint density at radius 3 is 2.52 bits per heavy atom. The van der Waals surface area contributed by atoms with E-state index >= 15 is 0 Å². The molecule has 1 aromatic carbocycles. The summed E-state index contributed by atoms with van der Waals surface area (Å²) >= 11 is 1.88. The second-order valence-electron chi connectivity index (χ2n) is 6.69. The van der Waals surface area contributed by atoms with E-state index in [-0.39, 0.29) is 11.8 Å². The van der Waals surface area contributed by atoms with Crippen LogP contribution in [0.3, 0.4) is 0 Å². The Morgan fingerprint density at radius 1 is 1.11 bits per heavy atom. The topological polar surface area (TPSA) is 65.5 Å². The van der Waals surface area contributed by atoms with Gasteiger partial charge in [0.25, 0.3) is 11.8 Å². The summed E-state index contributed by atoms with van der Waals surface area (Å²) in [4.78, 5) is 33.2. The van der Waals surface area contributed by atoms with Gasteiger partial charge in [-0.25, -0.2) is 4.98 Å². The molecule has 1 aliphatic heterocycles. The number of rotatable bonds is 4. The van der Waals surface area contributed by atoms with Gasteiger partial charge in [-0.05, 0) is 42.8 Å². The fourth-order valence-corrected chi connectivity index (χ4v) is 3.79. The summed E-state index contributed by atoms with van der Waals surface area (Å²) in [5.74, 6) is 2.55. The van der Waals surface area contributed by atoms with Crippen LogP contribution >= 0.6 is 11.8 Å². The standard InChI is InChI=1S/C20H24N4O2S/c1-14-12-16(20(26)24-8-10-27-11-9-24)4-5-17(14)22-19(25)15-6-7-21-18(13-15)23(2)3/h4-7,12-13H,8-11H2,1-3H3,(H,22,25). The zero-order chi connectivity index (χ0) is 19.4. The first-order valence-corrected chi connectivity index (χ1v) is 10.0. The van der Waals surface area contributed by atoms with Gasteiger partial charge in [-0.2, -0.15) is 11.8 Å². The highest BCUT2D eigenvalue weighted by Crippen LogP contribution is 2.20. The van der Waals surface area contributed by atoms with Gasteiger partial charge in [-0.15, -0.1) is 0 Å². The summed E-state index contributed by atoms with van der Waals surface area (Å²) in [6.45, 7) is 3.48. The van der Waals surface area contributed by atoms with Gasteiger partial charge in [0.1, 0.15) is 5.82 Å². The van der Waals surface area contributed by atoms with Gasteiger partial charge in [0.15, 0.2) is 0 Å². The summed E-state index contributed by atoms with van der Waals surface area (Å²) in [5.41, 5.74) is 2.77. The first kappa shape index (κ1) is 19.2. The lowest BCUT2D eigenvalue weighted by Gasteiger charge is -2.26. The molecule has 0 spiro atoms. The van der Waals surface area contributed by atoms with E-state index in [1.165, 1.54) is 0 Å². The first-order valence-electron chi connectivity index (χ1n) is 8.88. The van der Waals surface area contributed by atoms with Gasteiger partial charge in [0, 0.05) is 61.7 Å². The largest absolute Gasteiger partial charge is 0.363 e. The molecule has 2 amide bonds. The van der Waals surface area contributed by atoms with E-state index in [4.69, 9.17) is 0 Å². The van der Waals surface area contributed by atoms with E-state index in [1.54, 1.807) is 30.5 Å². The number of aryl methyl sites for hydroxylation is 1. The maximum atomic E-state index is 12.6. The molecule has 2 heterocycles. The third-order valence-corrected chi connectivity index (χ3v) is 5.43. The molecule has 3 rings (SSSR count). The molecular weight excluding hydrogens is 360 g/mol. The Labute approximate surface area is 164 Å². The van der Waals surface area contributed by atoms with Crippen LogP contribution < -0.4 is 10.2 Å². The van der Waals surface area contributed by atoms with Crippen molar-refractivity contribution in [2.45, 2.75) is 6.92 Å². The van der Waals surface area contributed by atoms with Gasteiger partial charge in [-0.3, -0.25) is 9.59 Å². The molecule has 0 radical (unpaired) electrons. The van der Waals surface area contributed by atoms with E-state index in [0.717, 1.165) is 36.0 Å². The predicted molar refractivity (Wildman–Crippen MR) is 111 cm³/mol. The van der Waals surface area contributed by atoms with Crippen molar-refractivity contribution in [3.8, 4) is 0 Å². The number of amides is 2. The SMILES string of the molecule is Cc1cc(C(=O)N2CCSCC2)ccc1NC(=O)c1ccnc(N(C)C)c1. The third kappa shape index (κ3) is 4.60. The van der Waals surface area contributed by atoms with Crippen LogP contribution in [0.1, 0.15) is 26.3 Å². The Morgan fingerprint density at radius 2 is 1.85 bits per heavy atom. The Hall–Kier alpha value is -2.54. The van der Waals surface area contributed by atoms with Crippen LogP contribution in [-0.4, -0.2) is 60.4 Å². The zero-order valence-electron chi connectivity index (χ0n) is 15.9. The summed E-state index contributed by atoms with van der Waals surface area (Å²) in [6, 6.07) is 8.86. The molecule has 0 aliphatic carbocycles. The van der Waals surface area contributed by atoms with Crippen LogP contribution in [0.2, 0.25) is 0 Å². The number of carbonyl (C=O) groups excluding carboxylic acids is 2. The highest BCUT2D eigenvalue weighted by Gasteiger charge is 2.19. The lowest BCUT2D eigenvalue weighted by Crippen LogP contribution is -2.37. The minimum atomic E-state index is -0.198. The molecule has 0 unspecified atom stereocenters. The number of carbonyl (C=O) groups is 2. The van der Waals surface area contributed by atoms with E-state index in [0.29, 0.717) is 16.8 Å². The molecule has 1 saturated heterocycles. The highest BCUT2D eigenvalue weighted by molar-refractivity contribution is 7.99. The second-order valence-corrected chi connectivity index (χ2v) is 7.91. The van der Waals surface area contributed by atoms with Crippen LogP contribution in [0.5, 0.6) is 0 Å². The molecule has 1 aromatic heterocycles. The van der Waals surface area contributed by atoms with Crippen molar-refractivity contribution in [1.82, 2.24) is 9.88 Å². The fraction of sp³-hybridized carbons (Fsp3) is 0.350. The number of anilines is 2. The molecule has 0 saturated carbocycles. The van der Waals surface area contributed by atoms with Crippen molar-refractivity contribution in [3.63, 3.8) is 0 Å². The first-order chi connectivity index (χ1) is 13.0. The van der Waals surface area contributed by atoms with E-state index in [1.807, 2.05) is 48.6 Å². The Bertz CT molecular complexity index is 848. The molecule has 1 N–H and O–H groups in total. The number of pyridine rings is 1. The van der Waals surface area contributed by atoms with Crippen LogP contribution in [0.15, 0.2) is 36.5 Å². The van der Waals surface area contributed by atoms with Gasteiger partial charge in [0.2, 0.25) is 0 Å². The average molecular weight is 385 g/mol. The second kappa shape index (κ2) is 8.43. The number of hydrogen-bond donors (Lipinski definition) is 1. The smallest absolute Gasteiger partial charge is 0.255 e. The average Bonchev–Trinajstić information content (AvgIpc) is 2.69. The summed E-state index contributed by atoms with van der Waals surface area (Å²) in [7, 11) is 3.76. The molecular formula is C20H24N4O2S. The molecule has 142 valence electrons. The number of aromatic nitrogens is 1. The van der Waals surface area contributed by atoms with Crippen LogP contribution in [-0.2, 0) is 0 Å². The Balaban J connectivity index is 1.73. The van der Waals surface area contributed by atoms with E-state index in [2.05, 4.69) is 10.3 Å². The van der Waals surface area contributed by atoms with E-state index < -0.39 is 0 Å². The minimum absolute atomic E-state index is 0.0565. The van der Waals surface area contributed by atoms with Crippen LogP contribution in [0, 0.1) is 6.92 Å². The summed E-state index contributed by atoms with van der Waals surface area (Å²) < 4.78 is 0. The maximum absolute atomic E-state index is 12.6. The Kier molecular flexibility index (Phi) is 6.01. The number of thioether (sulfide) groups is 1. The van der Waals surface area contributed by atoms with Gasteiger partial charge in [-0.1, -0.05) is 0 Å². The molecule has 0 atom stereocenters. The van der Waals surface area contributed by atoms with Crippen molar-refractivity contribution in [2.24, 2.45) is 0 Å². The zero-order valence-corrected chi connectivity index (χ0v) is 16.7. The van der Waals surface area contributed by atoms with Crippen LogP contribution in [0.25, 0.3) is 0 Å². The number of hydrogen-bond acceptors (Lipinski definition) is 5. The predicted octanol–water partition coefficient (Wildman–Crippen LogP) is 2.90. The van der Waals surface area contributed by atoms with Gasteiger partial charge >= 0.3 is 0 Å². The molecule has 6 nitrogen and oxygen atoms in total. The van der Waals surface area contributed by atoms with Crippen molar-refractivity contribution in [1.29, 1.82) is 0 Å². The highest BCUT2D eigenvalue weighted by atomic mass is 32.2. The molecule has 0 bridgehead atoms. The monoisotopic (exact) mass is 384 g/mol. The molecule has 27 heavy (non-hydrogen) atoms. The van der Waals surface area contributed by atoms with Gasteiger partial charge in [0.05, 0.1) is 0 Å². The van der Waals surface area contributed by atoms with Crippen LogP contribution in [0.4, 0.5) is 11.5 Å². The van der Waals surface area contributed by atoms with Crippen molar-refractivity contribution >= 4 is 35.1 Å². The molecule has 1 fully saturated rings. The van der Waals surface area contributed by atoms with Crippen molar-refractivity contribution in [2.75, 3.05) is 48.9 Å². The summed E-state index contributed by atoms with van der Waals surface area (Å²) in [5, 5.41) is 2.92. The van der Waals surface area contributed by atoms with Crippen molar-refractivity contribution < 1.29 is 9.59 Å². The lowest BCUT2D eigenvalue weighted by atomic mass is 10.1. The lowest BCUT2D eigenvalue weighted by molar-refractivity contribution is 0.0772. The fourth-order valence-electron chi connectivity index (χ4n) is 2.88. The molecule has 1 aliphatic rings. The van der Waals surface area contributed by atoms with Gasteiger partial charge < -0.3 is 15.1 Å². The molecule has 2 aromatic rings. The van der Waals surface area contributed by atoms with Crippen molar-refractivity contribution in [3.05, 3.63) is 53.2 Å². The molecule has 7 heteroatoms. The quantitative estimate of drug-likeness (QED) is 0.878.